The number of rotatable bonds is 5. The van der Waals surface area contributed by atoms with Gasteiger partial charge in [0.1, 0.15) is 5.82 Å². The van der Waals surface area contributed by atoms with E-state index in [1.54, 1.807) is 0 Å². The van der Waals surface area contributed by atoms with Gasteiger partial charge in [-0.25, -0.2) is 4.98 Å². The van der Waals surface area contributed by atoms with Crippen LogP contribution in [-0.4, -0.2) is 23.6 Å². The quantitative estimate of drug-likeness (QED) is 0.843. The Balaban J connectivity index is 3.00. The highest BCUT2D eigenvalue weighted by molar-refractivity contribution is 9.10. The minimum atomic E-state index is 0.0722. The van der Waals surface area contributed by atoms with Crippen LogP contribution in [0.15, 0.2) is 16.7 Å². The second-order valence-corrected chi connectivity index (χ2v) is 6.37. The molecule has 0 aliphatic heterocycles. The van der Waals surface area contributed by atoms with Gasteiger partial charge >= 0.3 is 0 Å². The number of nitrogens with zero attached hydrogens (tertiary/aromatic N) is 2. The van der Waals surface area contributed by atoms with Gasteiger partial charge in [-0.3, -0.25) is 0 Å². The van der Waals surface area contributed by atoms with Crippen LogP contribution in [0.3, 0.4) is 0 Å². The lowest BCUT2D eigenvalue weighted by atomic mass is 10.1. The number of hydrogen-bond acceptors (Lipinski definition) is 3. The highest BCUT2D eigenvalue weighted by Gasteiger charge is 2.14. The molecule has 1 heterocycles. The van der Waals surface area contributed by atoms with E-state index >= 15 is 0 Å². The molecule has 0 aromatic carbocycles. The molecule has 0 atom stereocenters. The normalized spacial score (nSPS) is 11.2. The molecule has 0 aliphatic carbocycles. The summed E-state index contributed by atoms with van der Waals surface area (Å²) in [5.41, 5.74) is 1.23. The summed E-state index contributed by atoms with van der Waals surface area (Å²) in [6.45, 7) is 10.7. The second-order valence-electron chi connectivity index (χ2n) is 5.46. The summed E-state index contributed by atoms with van der Waals surface area (Å²) in [6.07, 6.45) is 7.24. The first-order valence-electron chi connectivity index (χ1n) is 6.45. The maximum Gasteiger partial charge on any atom is 0.133 e. The summed E-state index contributed by atoms with van der Waals surface area (Å²) in [5, 5.41) is 3.49. The molecule has 1 rings (SSSR count). The summed E-state index contributed by atoms with van der Waals surface area (Å²) in [4.78, 5) is 6.62. The molecular formula is C15H22BrN3. The van der Waals surface area contributed by atoms with Crippen molar-refractivity contribution in [3.8, 4) is 12.3 Å². The Morgan fingerprint density at radius 2 is 2.16 bits per heavy atom. The van der Waals surface area contributed by atoms with Crippen molar-refractivity contribution >= 4 is 21.7 Å². The topological polar surface area (TPSA) is 28.2 Å². The van der Waals surface area contributed by atoms with Crippen LogP contribution in [0.2, 0.25) is 0 Å². The predicted molar refractivity (Wildman–Crippen MR) is 85.2 cm³/mol. The molecule has 0 saturated heterocycles. The van der Waals surface area contributed by atoms with E-state index in [1.807, 2.05) is 6.20 Å². The van der Waals surface area contributed by atoms with Crippen molar-refractivity contribution in [3.05, 3.63) is 22.3 Å². The summed E-state index contributed by atoms with van der Waals surface area (Å²) >= 11 is 3.48. The summed E-state index contributed by atoms with van der Waals surface area (Å²) < 4.78 is 0.985. The number of halogens is 1. The van der Waals surface area contributed by atoms with Gasteiger partial charge in [-0.05, 0) is 49.7 Å². The molecule has 1 aromatic heterocycles. The first-order valence-corrected chi connectivity index (χ1v) is 7.24. The van der Waals surface area contributed by atoms with Crippen molar-refractivity contribution in [2.75, 3.05) is 18.0 Å². The summed E-state index contributed by atoms with van der Waals surface area (Å²) in [6, 6.07) is 2.10. The van der Waals surface area contributed by atoms with E-state index in [2.05, 4.69) is 70.8 Å². The van der Waals surface area contributed by atoms with Crippen molar-refractivity contribution in [1.29, 1.82) is 0 Å². The molecule has 19 heavy (non-hydrogen) atoms. The second kappa shape index (κ2) is 6.93. The van der Waals surface area contributed by atoms with E-state index < -0.39 is 0 Å². The SMILES string of the molecule is C#CCN(CC)c1ncc(Br)cc1CNC(C)(C)C. The van der Waals surface area contributed by atoms with Gasteiger partial charge < -0.3 is 10.2 Å². The molecule has 0 amide bonds. The van der Waals surface area contributed by atoms with Crippen molar-refractivity contribution in [1.82, 2.24) is 10.3 Å². The van der Waals surface area contributed by atoms with Gasteiger partial charge in [-0.15, -0.1) is 6.42 Å². The van der Waals surface area contributed by atoms with Crippen LogP contribution in [0.1, 0.15) is 33.3 Å². The predicted octanol–water partition coefficient (Wildman–Crippen LogP) is 3.19. The summed E-state index contributed by atoms with van der Waals surface area (Å²) in [7, 11) is 0. The lowest BCUT2D eigenvalue weighted by Crippen LogP contribution is -2.36. The van der Waals surface area contributed by atoms with Gasteiger partial charge in [-0.1, -0.05) is 5.92 Å². The van der Waals surface area contributed by atoms with Crippen LogP contribution in [0, 0.1) is 12.3 Å². The van der Waals surface area contributed by atoms with Gasteiger partial charge in [0, 0.05) is 34.9 Å². The Hall–Kier alpha value is -1.05. The third-order valence-corrected chi connectivity index (χ3v) is 3.12. The Morgan fingerprint density at radius 1 is 1.47 bits per heavy atom. The molecule has 104 valence electrons. The molecule has 0 fully saturated rings. The zero-order valence-corrected chi connectivity index (χ0v) is 13.7. The number of terminal acetylenes is 1. The monoisotopic (exact) mass is 323 g/mol. The highest BCUT2D eigenvalue weighted by Crippen LogP contribution is 2.22. The molecule has 4 heteroatoms. The smallest absolute Gasteiger partial charge is 0.133 e. The summed E-state index contributed by atoms with van der Waals surface area (Å²) in [5.74, 6) is 3.64. The van der Waals surface area contributed by atoms with Crippen LogP contribution in [0.4, 0.5) is 5.82 Å². The fourth-order valence-corrected chi connectivity index (χ4v) is 2.07. The van der Waals surface area contributed by atoms with Crippen LogP contribution in [0.25, 0.3) is 0 Å². The van der Waals surface area contributed by atoms with Gasteiger partial charge in [-0.2, -0.15) is 0 Å². The molecule has 1 N–H and O–H groups in total. The maximum absolute atomic E-state index is 5.42. The Morgan fingerprint density at radius 3 is 2.68 bits per heavy atom. The zero-order valence-electron chi connectivity index (χ0n) is 12.1. The van der Waals surface area contributed by atoms with E-state index in [9.17, 15) is 0 Å². The van der Waals surface area contributed by atoms with Gasteiger partial charge in [0.2, 0.25) is 0 Å². The van der Waals surface area contributed by atoms with Crippen LogP contribution in [-0.2, 0) is 6.54 Å². The lowest BCUT2D eigenvalue weighted by Gasteiger charge is -2.25. The number of nitrogens with one attached hydrogen (secondary N) is 1. The first-order chi connectivity index (χ1) is 8.87. The average molecular weight is 324 g/mol. The van der Waals surface area contributed by atoms with Crippen molar-refractivity contribution < 1.29 is 0 Å². The molecule has 0 unspecified atom stereocenters. The molecule has 3 nitrogen and oxygen atoms in total. The minimum Gasteiger partial charge on any atom is -0.345 e. The van der Waals surface area contributed by atoms with Crippen LogP contribution < -0.4 is 10.2 Å². The fraction of sp³-hybridized carbons (Fsp3) is 0.533. The standard InChI is InChI=1S/C15H22BrN3/c1-6-8-19(7-2)14-12(9-13(16)11-17-14)10-18-15(3,4)5/h1,9,11,18H,7-8,10H2,2-5H3. The van der Waals surface area contributed by atoms with Crippen molar-refractivity contribution in [2.45, 2.75) is 39.8 Å². The zero-order chi connectivity index (χ0) is 14.5. The Kier molecular flexibility index (Phi) is 5.84. The third-order valence-electron chi connectivity index (χ3n) is 2.68. The number of anilines is 1. The lowest BCUT2D eigenvalue weighted by molar-refractivity contribution is 0.424. The van der Waals surface area contributed by atoms with E-state index in [-0.39, 0.29) is 5.54 Å². The van der Waals surface area contributed by atoms with Crippen molar-refractivity contribution in [3.63, 3.8) is 0 Å². The average Bonchev–Trinajstić information content (AvgIpc) is 2.33. The van der Waals surface area contributed by atoms with Crippen LogP contribution >= 0.6 is 15.9 Å². The molecule has 1 aromatic rings. The molecule has 0 bridgehead atoms. The number of pyridine rings is 1. The largest absolute Gasteiger partial charge is 0.345 e. The third kappa shape index (κ3) is 5.22. The molecule has 0 aliphatic rings. The number of aromatic nitrogens is 1. The fourth-order valence-electron chi connectivity index (χ4n) is 1.70. The molecular weight excluding hydrogens is 302 g/mol. The number of hydrogen-bond donors (Lipinski definition) is 1. The maximum atomic E-state index is 5.42. The van der Waals surface area contributed by atoms with E-state index in [0.29, 0.717) is 6.54 Å². The van der Waals surface area contributed by atoms with E-state index in [0.717, 1.165) is 28.9 Å². The van der Waals surface area contributed by atoms with Gasteiger partial charge in [0.15, 0.2) is 0 Å². The molecule has 0 saturated carbocycles. The minimum absolute atomic E-state index is 0.0722. The van der Waals surface area contributed by atoms with Crippen LogP contribution in [0.5, 0.6) is 0 Å². The van der Waals surface area contributed by atoms with Gasteiger partial charge in [0.05, 0.1) is 6.54 Å². The molecule has 0 radical (unpaired) electrons. The molecule has 0 spiro atoms. The highest BCUT2D eigenvalue weighted by atomic mass is 79.9. The van der Waals surface area contributed by atoms with Gasteiger partial charge in [0.25, 0.3) is 0 Å². The van der Waals surface area contributed by atoms with E-state index in [4.69, 9.17) is 6.42 Å². The first kappa shape index (κ1) is 16.0. The Bertz CT molecular complexity index is 457. The van der Waals surface area contributed by atoms with Crippen molar-refractivity contribution in [2.24, 2.45) is 0 Å². The van der Waals surface area contributed by atoms with E-state index in [1.165, 1.54) is 0 Å². The Labute approximate surface area is 124 Å².